The molecule has 5 heterocycles. The largest absolute Gasteiger partial charge is 0.453 e. The molecule has 3 aromatic carbocycles. The van der Waals surface area contributed by atoms with Crippen molar-refractivity contribution in [1.29, 1.82) is 0 Å². The molecular weight excluding hydrogens is 911 g/mol. The van der Waals surface area contributed by atoms with Crippen LogP contribution in [0.1, 0.15) is 133 Å². The summed E-state index contributed by atoms with van der Waals surface area (Å²) < 4.78 is 42.8. The molecular formula is C53H68F2N10O6. The van der Waals surface area contributed by atoms with Gasteiger partial charge in [0.05, 0.1) is 61.0 Å². The summed E-state index contributed by atoms with van der Waals surface area (Å²) in [5.74, 6) is -0.708. The molecule has 1 aliphatic carbocycles. The Balaban J connectivity index is 1.03. The third-order valence-corrected chi connectivity index (χ3v) is 15.4. The number of hydrogen-bond acceptors (Lipinski definition) is 10. The van der Waals surface area contributed by atoms with Crippen molar-refractivity contribution in [3.8, 4) is 0 Å². The van der Waals surface area contributed by atoms with Gasteiger partial charge in [-0.05, 0) is 123 Å². The Morgan fingerprint density at radius 1 is 0.761 bits per heavy atom. The minimum absolute atomic E-state index is 0.0316. The van der Waals surface area contributed by atoms with Crippen molar-refractivity contribution in [3.63, 3.8) is 0 Å². The van der Waals surface area contributed by atoms with E-state index in [9.17, 15) is 19.2 Å². The second kappa shape index (κ2) is 20.3. The number of imidazole rings is 2. The van der Waals surface area contributed by atoms with Gasteiger partial charge in [-0.2, -0.15) is 0 Å². The van der Waals surface area contributed by atoms with Crippen molar-refractivity contribution in [2.75, 3.05) is 50.2 Å². The summed E-state index contributed by atoms with van der Waals surface area (Å²) in [7, 11) is 2.54. The van der Waals surface area contributed by atoms with Crippen LogP contribution in [0, 0.1) is 28.9 Å². The van der Waals surface area contributed by atoms with Gasteiger partial charge in [0.2, 0.25) is 11.8 Å². The average Bonchev–Trinajstić information content (AvgIpc) is 3.85. The monoisotopic (exact) mass is 979 g/mol. The normalized spacial score (nSPS) is 20.5. The standard InChI is InChI=1S/C53H68F2N10O6/c1-8-21-63(49(66)45(30(2)3)60-51(68)70-6)29-44-56-37-13-11-32(25-39(37)57-44)41-15-16-42(65(41)34-27-35(54)47(36(55)28-34)62-23-19-53(17-18-53)20-24-62)33-12-14-38-40(26-33)59-48(58-38)43-10-9-22-64(43)50(67)46(31(4)5)61-52(69)71-7/h11-14,25-28,30-31,41-43,45-46H,8-10,15-24,29H2,1-7H3,(H,56,57)(H,58,59)(H,60,68)(H,61,69)/t41-,42-,43+,45?,46?/m1/s1. The van der Waals surface area contributed by atoms with Crippen LogP contribution in [-0.4, -0.2) is 106 Å². The number of aromatic amines is 2. The SMILES string of the molecule is CCCN(Cc1nc2cc([C@H]3CC[C@H](c4ccc5[nH]c([C@@H]6CCCN6C(=O)C(NC(=O)OC)C(C)C)nc5c4)N3c3cc(F)c(N4CCC5(CC4)CC5)c(F)c3)ccc2[nH]1)C(=O)C(NC(=O)OC)C(C)C. The molecule has 9 rings (SSSR count). The lowest BCUT2D eigenvalue weighted by atomic mass is 9.93. The molecule has 4 aliphatic rings. The lowest BCUT2D eigenvalue weighted by Gasteiger charge is -2.36. The zero-order valence-corrected chi connectivity index (χ0v) is 41.9. The first-order valence-corrected chi connectivity index (χ1v) is 25.4. The zero-order chi connectivity index (χ0) is 50.3. The number of piperidine rings is 1. The molecule has 3 saturated heterocycles. The van der Waals surface area contributed by atoms with Crippen molar-refractivity contribution in [2.24, 2.45) is 17.3 Å². The van der Waals surface area contributed by atoms with Crippen LogP contribution in [0.2, 0.25) is 0 Å². The van der Waals surface area contributed by atoms with Gasteiger partial charge < -0.3 is 49.7 Å². The number of anilines is 2. The molecule has 18 heteroatoms. The van der Waals surface area contributed by atoms with E-state index < -0.39 is 35.9 Å². The molecule has 1 saturated carbocycles. The number of nitrogens with zero attached hydrogens (tertiary/aromatic N) is 6. The van der Waals surface area contributed by atoms with Crippen LogP contribution in [0.3, 0.4) is 0 Å². The van der Waals surface area contributed by atoms with Gasteiger partial charge in [0.25, 0.3) is 0 Å². The number of benzene rings is 3. The van der Waals surface area contributed by atoms with Gasteiger partial charge in [0.15, 0.2) is 11.6 Å². The first-order valence-electron chi connectivity index (χ1n) is 25.4. The molecule has 5 aromatic rings. The number of ether oxygens (including phenoxy) is 2. The highest BCUT2D eigenvalue weighted by atomic mass is 19.1. The highest BCUT2D eigenvalue weighted by Crippen LogP contribution is 2.54. The van der Waals surface area contributed by atoms with Crippen LogP contribution in [0.25, 0.3) is 22.1 Å². The van der Waals surface area contributed by atoms with Crippen LogP contribution in [0.4, 0.5) is 29.7 Å². The number of nitrogens with one attached hydrogen (secondary N) is 4. The second-order valence-electron chi connectivity index (χ2n) is 20.8. The van der Waals surface area contributed by atoms with Crippen LogP contribution in [0.15, 0.2) is 48.5 Å². The first kappa shape index (κ1) is 49.5. The Labute approximate surface area is 413 Å². The molecule has 5 atom stereocenters. The fourth-order valence-corrected chi connectivity index (χ4v) is 11.3. The van der Waals surface area contributed by atoms with Crippen molar-refractivity contribution >= 4 is 57.4 Å². The number of aromatic nitrogens is 4. The van der Waals surface area contributed by atoms with Crippen LogP contribution in [-0.2, 0) is 25.6 Å². The second-order valence-corrected chi connectivity index (χ2v) is 20.8. The molecule has 71 heavy (non-hydrogen) atoms. The Morgan fingerprint density at radius 3 is 1.90 bits per heavy atom. The van der Waals surface area contributed by atoms with Crippen LogP contribution >= 0.6 is 0 Å². The maximum Gasteiger partial charge on any atom is 0.407 e. The minimum atomic E-state index is -0.783. The summed E-state index contributed by atoms with van der Waals surface area (Å²) in [6, 6.07) is 12.6. The van der Waals surface area contributed by atoms with E-state index in [-0.39, 0.29) is 54.0 Å². The summed E-state index contributed by atoms with van der Waals surface area (Å²) in [6.07, 6.45) is 6.47. The molecule has 0 radical (unpaired) electrons. The molecule has 4 fully saturated rings. The Morgan fingerprint density at radius 2 is 1.34 bits per heavy atom. The van der Waals surface area contributed by atoms with E-state index in [1.54, 1.807) is 9.80 Å². The highest BCUT2D eigenvalue weighted by molar-refractivity contribution is 5.87. The number of carbonyl (C=O) groups is 4. The predicted molar refractivity (Wildman–Crippen MR) is 267 cm³/mol. The molecule has 1 spiro atoms. The van der Waals surface area contributed by atoms with E-state index in [0.717, 1.165) is 41.4 Å². The topological polar surface area (TPSA) is 181 Å². The molecule has 16 nitrogen and oxygen atoms in total. The quantitative estimate of drug-likeness (QED) is 0.0790. The van der Waals surface area contributed by atoms with Crippen molar-refractivity contribution in [2.45, 2.75) is 129 Å². The Kier molecular flexibility index (Phi) is 14.2. The number of halogens is 2. The summed E-state index contributed by atoms with van der Waals surface area (Å²) in [4.78, 5) is 76.5. The van der Waals surface area contributed by atoms with E-state index >= 15 is 8.78 Å². The van der Waals surface area contributed by atoms with E-state index in [0.29, 0.717) is 85.6 Å². The maximum absolute atomic E-state index is 16.6. The smallest absolute Gasteiger partial charge is 0.407 e. The lowest BCUT2D eigenvalue weighted by molar-refractivity contribution is -0.136. The first-order chi connectivity index (χ1) is 34.1. The number of fused-ring (bicyclic) bond motifs is 2. The summed E-state index contributed by atoms with van der Waals surface area (Å²) >= 11 is 0. The van der Waals surface area contributed by atoms with Gasteiger partial charge in [-0.3, -0.25) is 9.59 Å². The van der Waals surface area contributed by atoms with Crippen LogP contribution in [0.5, 0.6) is 0 Å². The van der Waals surface area contributed by atoms with Gasteiger partial charge in [-0.1, -0.05) is 46.8 Å². The number of alkyl carbamates (subject to hydrolysis) is 2. The third kappa shape index (κ3) is 10.1. The molecule has 4 amide bonds. The number of carbonyl (C=O) groups excluding carboxylic acids is 4. The van der Waals surface area contributed by atoms with Gasteiger partial charge in [0.1, 0.15) is 29.4 Å². The highest BCUT2D eigenvalue weighted by Gasteiger charge is 2.45. The summed E-state index contributed by atoms with van der Waals surface area (Å²) in [5.41, 5.74) is 5.65. The number of amides is 4. The molecule has 4 N–H and O–H groups in total. The fraction of sp³-hybridized carbons (Fsp3) is 0.547. The van der Waals surface area contributed by atoms with E-state index in [1.807, 2.05) is 75.9 Å². The van der Waals surface area contributed by atoms with E-state index in [1.165, 1.54) is 39.2 Å². The minimum Gasteiger partial charge on any atom is -0.453 e. The molecule has 2 unspecified atom stereocenters. The number of rotatable bonds is 15. The van der Waals surface area contributed by atoms with Crippen molar-refractivity contribution < 1.29 is 37.4 Å². The lowest BCUT2D eigenvalue weighted by Crippen LogP contribution is -2.51. The Hall–Kier alpha value is -6.46. The van der Waals surface area contributed by atoms with Gasteiger partial charge in [0, 0.05) is 31.9 Å². The van der Waals surface area contributed by atoms with Gasteiger partial charge in [-0.25, -0.2) is 28.3 Å². The average molecular weight is 979 g/mol. The molecule has 380 valence electrons. The predicted octanol–water partition coefficient (Wildman–Crippen LogP) is 9.34. The molecule has 0 bridgehead atoms. The third-order valence-electron chi connectivity index (χ3n) is 15.4. The molecule has 2 aromatic heterocycles. The van der Waals surface area contributed by atoms with Gasteiger partial charge in [-0.15, -0.1) is 0 Å². The summed E-state index contributed by atoms with van der Waals surface area (Å²) in [6.45, 7) is 11.9. The zero-order valence-electron chi connectivity index (χ0n) is 41.9. The summed E-state index contributed by atoms with van der Waals surface area (Å²) in [5, 5.41) is 5.40. The van der Waals surface area contributed by atoms with Crippen LogP contribution < -0.4 is 20.4 Å². The fourth-order valence-electron chi connectivity index (χ4n) is 11.3. The molecule has 3 aliphatic heterocycles. The number of hydrogen-bond donors (Lipinski definition) is 4. The number of methoxy groups -OCH3 is 2. The number of likely N-dealkylation sites (tertiary alicyclic amines) is 1. The van der Waals surface area contributed by atoms with Gasteiger partial charge >= 0.3 is 12.2 Å². The van der Waals surface area contributed by atoms with E-state index in [4.69, 9.17) is 19.4 Å². The van der Waals surface area contributed by atoms with E-state index in [2.05, 4.69) is 25.5 Å². The van der Waals surface area contributed by atoms with Crippen molar-refractivity contribution in [3.05, 3.63) is 82.9 Å². The maximum atomic E-state index is 16.6. The van der Waals surface area contributed by atoms with Crippen molar-refractivity contribution in [1.82, 2.24) is 40.4 Å². The number of H-pyrrole nitrogens is 2. The Bertz CT molecular complexity index is 2760.